The Morgan fingerprint density at radius 1 is 1.29 bits per heavy atom. The molecule has 1 aromatic carbocycles. The molecule has 0 aliphatic rings. The number of phenolic OH excluding ortho intramolecular Hbond substituents is 1. The molecule has 0 spiro atoms. The van der Waals surface area contributed by atoms with Crippen LogP contribution in [0, 0.1) is 0 Å². The van der Waals surface area contributed by atoms with E-state index in [1.165, 1.54) is 12.1 Å². The second-order valence-electron chi connectivity index (χ2n) is 3.39. The fourth-order valence-electron chi connectivity index (χ4n) is 1.14. The fourth-order valence-corrected chi connectivity index (χ4v) is 1.14. The summed E-state index contributed by atoms with van der Waals surface area (Å²) in [5, 5.41) is 29.2. The van der Waals surface area contributed by atoms with E-state index in [0.717, 1.165) is 0 Å². The van der Waals surface area contributed by atoms with Gasteiger partial charge in [0.05, 0.1) is 19.3 Å². The molecule has 0 unspecified atom stereocenters. The molecule has 1 aromatic rings. The summed E-state index contributed by atoms with van der Waals surface area (Å²) in [5.74, 6) is -0.338. The van der Waals surface area contributed by atoms with Gasteiger partial charge in [-0.25, -0.2) is 0 Å². The van der Waals surface area contributed by atoms with Crippen molar-refractivity contribution in [2.75, 3.05) is 19.8 Å². The molecule has 0 aromatic heterocycles. The molecular formula is C11H15NO5. The predicted octanol–water partition coefficient (Wildman–Crippen LogP) is -0.760. The topological polar surface area (TPSA) is 99.0 Å². The number of aromatic hydroxyl groups is 1. The Kier molecular flexibility index (Phi) is 5.25. The number of amides is 1. The van der Waals surface area contributed by atoms with Crippen molar-refractivity contribution >= 4 is 5.91 Å². The number of benzene rings is 1. The van der Waals surface area contributed by atoms with Crippen LogP contribution >= 0.6 is 0 Å². The number of hydrogen-bond donors (Lipinski definition) is 4. The highest BCUT2D eigenvalue weighted by atomic mass is 16.5. The molecule has 1 rings (SSSR count). The summed E-state index contributed by atoms with van der Waals surface area (Å²) in [5.41, 5.74) is 0. The minimum Gasteiger partial charge on any atom is -0.504 e. The number of phenols is 1. The third-order valence-electron chi connectivity index (χ3n) is 2.03. The van der Waals surface area contributed by atoms with Crippen molar-refractivity contribution in [1.29, 1.82) is 0 Å². The Labute approximate surface area is 98.5 Å². The third kappa shape index (κ3) is 4.29. The molecule has 94 valence electrons. The van der Waals surface area contributed by atoms with E-state index in [4.69, 9.17) is 14.9 Å². The van der Waals surface area contributed by atoms with E-state index in [9.17, 15) is 9.90 Å². The largest absolute Gasteiger partial charge is 0.504 e. The molecule has 1 amide bonds. The Morgan fingerprint density at radius 2 is 1.94 bits per heavy atom. The first-order valence-electron chi connectivity index (χ1n) is 5.09. The molecule has 0 saturated heterocycles. The minimum absolute atomic E-state index is 0.0545. The van der Waals surface area contributed by atoms with Gasteiger partial charge in [-0.3, -0.25) is 4.79 Å². The number of para-hydroxylation sites is 2. The van der Waals surface area contributed by atoms with Gasteiger partial charge < -0.3 is 25.4 Å². The minimum atomic E-state index is -0.699. The van der Waals surface area contributed by atoms with Crippen molar-refractivity contribution in [3.63, 3.8) is 0 Å². The summed E-state index contributed by atoms with van der Waals surface area (Å²) in [7, 11) is 0. The number of carbonyl (C=O) groups is 1. The maximum Gasteiger partial charge on any atom is 0.258 e. The van der Waals surface area contributed by atoms with Gasteiger partial charge in [-0.1, -0.05) is 12.1 Å². The van der Waals surface area contributed by atoms with Gasteiger partial charge in [0.1, 0.15) is 0 Å². The maximum absolute atomic E-state index is 11.3. The zero-order valence-corrected chi connectivity index (χ0v) is 9.17. The lowest BCUT2D eigenvalue weighted by Gasteiger charge is -2.13. The molecule has 6 nitrogen and oxygen atoms in total. The zero-order valence-electron chi connectivity index (χ0n) is 9.17. The van der Waals surface area contributed by atoms with E-state index in [1.807, 2.05) is 0 Å². The van der Waals surface area contributed by atoms with Crippen LogP contribution in [-0.2, 0) is 4.79 Å². The number of hydrogen-bond acceptors (Lipinski definition) is 5. The molecule has 0 aliphatic carbocycles. The monoisotopic (exact) mass is 241 g/mol. The lowest BCUT2D eigenvalue weighted by atomic mass is 10.3. The van der Waals surface area contributed by atoms with Crippen molar-refractivity contribution in [2.45, 2.75) is 6.04 Å². The van der Waals surface area contributed by atoms with Crippen LogP contribution < -0.4 is 10.1 Å². The fraction of sp³-hybridized carbons (Fsp3) is 0.364. The van der Waals surface area contributed by atoms with Gasteiger partial charge in [0.25, 0.3) is 5.91 Å². The molecule has 0 saturated carbocycles. The predicted molar refractivity (Wildman–Crippen MR) is 59.7 cm³/mol. The van der Waals surface area contributed by atoms with Crippen molar-refractivity contribution in [3.8, 4) is 11.5 Å². The van der Waals surface area contributed by atoms with Gasteiger partial charge in [0, 0.05) is 0 Å². The van der Waals surface area contributed by atoms with Crippen LogP contribution in [0.1, 0.15) is 0 Å². The van der Waals surface area contributed by atoms with Gasteiger partial charge >= 0.3 is 0 Å². The number of aliphatic hydroxyl groups is 2. The second kappa shape index (κ2) is 6.72. The highest BCUT2D eigenvalue weighted by Gasteiger charge is 2.11. The van der Waals surface area contributed by atoms with Gasteiger partial charge in [0.2, 0.25) is 0 Å². The average molecular weight is 241 g/mol. The summed E-state index contributed by atoms with van der Waals surface area (Å²) in [6.07, 6.45) is 0. The van der Waals surface area contributed by atoms with Crippen LogP contribution in [0.4, 0.5) is 0 Å². The van der Waals surface area contributed by atoms with Crippen molar-refractivity contribution in [2.24, 2.45) is 0 Å². The van der Waals surface area contributed by atoms with Crippen LogP contribution in [0.2, 0.25) is 0 Å². The Balaban J connectivity index is 2.41. The standard InChI is InChI=1S/C11H15NO5/c13-5-8(6-14)12-11(16)7-17-10-4-2-1-3-9(10)15/h1-4,8,13-15H,5-7H2,(H,12,16). The van der Waals surface area contributed by atoms with E-state index in [2.05, 4.69) is 5.32 Å². The number of nitrogens with one attached hydrogen (secondary N) is 1. The first kappa shape index (κ1) is 13.3. The van der Waals surface area contributed by atoms with Crippen LogP contribution in [0.5, 0.6) is 11.5 Å². The molecule has 0 atom stereocenters. The number of carbonyl (C=O) groups excluding carboxylic acids is 1. The maximum atomic E-state index is 11.3. The van der Waals surface area contributed by atoms with Crippen molar-refractivity contribution in [3.05, 3.63) is 24.3 Å². The molecule has 17 heavy (non-hydrogen) atoms. The van der Waals surface area contributed by atoms with E-state index >= 15 is 0 Å². The Hall–Kier alpha value is -1.79. The quantitative estimate of drug-likeness (QED) is 0.524. The third-order valence-corrected chi connectivity index (χ3v) is 2.03. The smallest absolute Gasteiger partial charge is 0.258 e. The molecule has 6 heteroatoms. The van der Waals surface area contributed by atoms with Gasteiger partial charge in [-0.15, -0.1) is 0 Å². The van der Waals surface area contributed by atoms with Gasteiger partial charge in [-0.2, -0.15) is 0 Å². The summed E-state index contributed by atoms with van der Waals surface area (Å²) < 4.78 is 5.06. The summed E-state index contributed by atoms with van der Waals surface area (Å²) in [6, 6.07) is 5.57. The highest BCUT2D eigenvalue weighted by Crippen LogP contribution is 2.23. The summed E-state index contributed by atoms with van der Waals surface area (Å²) >= 11 is 0. The van der Waals surface area contributed by atoms with Crippen LogP contribution in [0.15, 0.2) is 24.3 Å². The molecule has 0 radical (unpaired) electrons. The van der Waals surface area contributed by atoms with Crippen LogP contribution in [0.25, 0.3) is 0 Å². The zero-order chi connectivity index (χ0) is 12.7. The molecule has 4 N–H and O–H groups in total. The normalized spacial score (nSPS) is 10.3. The highest BCUT2D eigenvalue weighted by molar-refractivity contribution is 5.77. The molecule has 0 heterocycles. The molecule has 0 bridgehead atoms. The van der Waals surface area contributed by atoms with E-state index in [0.29, 0.717) is 0 Å². The number of rotatable bonds is 6. The van der Waals surface area contributed by atoms with Crippen molar-refractivity contribution < 1.29 is 24.9 Å². The van der Waals surface area contributed by atoms with E-state index in [-0.39, 0.29) is 31.3 Å². The van der Waals surface area contributed by atoms with Gasteiger partial charge in [0.15, 0.2) is 18.1 Å². The Bertz CT molecular complexity index is 365. The second-order valence-corrected chi connectivity index (χ2v) is 3.39. The molecular weight excluding hydrogens is 226 g/mol. The summed E-state index contributed by atoms with van der Waals surface area (Å²) in [6.45, 7) is -0.994. The van der Waals surface area contributed by atoms with Gasteiger partial charge in [-0.05, 0) is 12.1 Å². The number of aliphatic hydroxyl groups excluding tert-OH is 2. The lowest BCUT2D eigenvalue weighted by Crippen LogP contribution is -2.42. The first-order chi connectivity index (χ1) is 8.17. The summed E-state index contributed by atoms with van der Waals surface area (Å²) in [4.78, 5) is 11.3. The molecule has 0 aliphatic heterocycles. The Morgan fingerprint density at radius 3 is 2.53 bits per heavy atom. The SMILES string of the molecule is O=C(COc1ccccc1O)NC(CO)CO. The number of ether oxygens (including phenoxy) is 1. The van der Waals surface area contributed by atoms with Crippen molar-refractivity contribution in [1.82, 2.24) is 5.32 Å². The average Bonchev–Trinajstić information content (AvgIpc) is 2.35. The van der Waals surface area contributed by atoms with E-state index < -0.39 is 11.9 Å². The van der Waals surface area contributed by atoms with E-state index in [1.54, 1.807) is 12.1 Å². The van der Waals surface area contributed by atoms with Crippen LogP contribution in [0.3, 0.4) is 0 Å². The molecule has 0 fully saturated rings. The van der Waals surface area contributed by atoms with Crippen LogP contribution in [-0.4, -0.2) is 47.1 Å². The lowest BCUT2D eigenvalue weighted by molar-refractivity contribution is -0.124. The first-order valence-corrected chi connectivity index (χ1v) is 5.09.